The third-order valence-corrected chi connectivity index (χ3v) is 14.9. The van der Waals surface area contributed by atoms with E-state index in [1.807, 2.05) is 0 Å². The van der Waals surface area contributed by atoms with Gasteiger partial charge in [0.2, 0.25) is 0 Å². The van der Waals surface area contributed by atoms with E-state index in [-0.39, 0.29) is 16.9 Å². The van der Waals surface area contributed by atoms with Gasteiger partial charge in [-0.15, -0.1) is 0 Å². The second kappa shape index (κ2) is 14.2. The lowest BCUT2D eigenvalue weighted by Crippen LogP contribution is -2.29. The van der Waals surface area contributed by atoms with Crippen LogP contribution in [-0.2, 0) is 10.8 Å². The van der Waals surface area contributed by atoms with E-state index < -0.39 is 0 Å². The van der Waals surface area contributed by atoms with Gasteiger partial charge in [-0.1, -0.05) is 178 Å². The lowest BCUT2D eigenvalue weighted by Gasteiger charge is -2.37. The first kappa shape index (κ1) is 35.7. The molecule has 0 amide bonds. The molecule has 2 fully saturated rings. The average Bonchev–Trinajstić information content (AvgIpc) is 3.73. The molecule has 60 heavy (non-hydrogen) atoms. The van der Waals surface area contributed by atoms with Crippen molar-refractivity contribution in [3.05, 3.63) is 209 Å². The summed E-state index contributed by atoms with van der Waals surface area (Å²) < 4.78 is 0. The maximum Gasteiger partial charge on any atom is 0.133 e. The van der Waals surface area contributed by atoms with Crippen molar-refractivity contribution in [1.29, 1.82) is 0 Å². The van der Waals surface area contributed by atoms with E-state index in [2.05, 4.69) is 175 Å². The lowest BCUT2D eigenvalue weighted by atomic mass is 9.66. The van der Waals surface area contributed by atoms with Crippen molar-refractivity contribution < 1.29 is 0 Å². The van der Waals surface area contributed by atoms with Gasteiger partial charge in [0.15, 0.2) is 0 Å². The number of benzene rings is 7. The Morgan fingerprint density at radius 3 is 1.58 bits per heavy atom. The molecule has 4 aliphatic carbocycles. The van der Waals surface area contributed by atoms with Crippen LogP contribution in [0.15, 0.2) is 175 Å². The average molecular weight is 775 g/mol. The Bertz CT molecular complexity index is 2780. The quantitative estimate of drug-likeness (QED) is 0.185. The zero-order valence-corrected chi connectivity index (χ0v) is 34.3. The first-order valence-corrected chi connectivity index (χ1v) is 22.5. The fraction of sp³-hybridized carbons (Fsp3) is 0.224. The summed E-state index contributed by atoms with van der Waals surface area (Å²) in [4.78, 5) is 5.21. The number of aliphatic imine (C=N–C) groups is 1. The molecule has 5 aliphatic rings. The summed E-state index contributed by atoms with van der Waals surface area (Å²) in [6.07, 6.45) is 15.3. The van der Waals surface area contributed by atoms with Crippen LogP contribution in [0.2, 0.25) is 0 Å². The standard InChI is InChI=1S/C58H50N2/c1-5-16-40(17-6-1)54-38-55(60-56(59-54)42-18-7-2-8-19-42)41-26-24-39(25-27-41)43-20-15-21-44(34-43)45-28-29-51-47(35-45)49-37-52-48(36-53(49)58(51)32-13-4-14-33-58)46-22-9-10-23-50(46)57(52)30-11-3-12-31-57/h1-2,5-10,15-29,34-38,55H,3-4,11-14,30-33H2,(H,59,60). The number of fused-ring (bicyclic) bond motifs is 10. The molecule has 7 aromatic rings. The number of nitrogens with one attached hydrogen (secondary N) is 1. The SMILES string of the molecule is C1=C(c2ccccc2)NC(c2ccccc2)=NC1c1ccc(-c2cccc(-c3ccc4c(c3)-c3cc5c(cc3C43CCCCC3)-c3ccccc3C53CCCCC3)c2)cc1. The van der Waals surface area contributed by atoms with Crippen LogP contribution in [-0.4, -0.2) is 5.84 Å². The fourth-order valence-corrected chi connectivity index (χ4v) is 12.0. The smallest absolute Gasteiger partial charge is 0.133 e. The van der Waals surface area contributed by atoms with Crippen molar-refractivity contribution in [2.75, 3.05) is 0 Å². The topological polar surface area (TPSA) is 24.4 Å². The zero-order chi connectivity index (χ0) is 39.7. The molecule has 1 atom stereocenters. The maximum absolute atomic E-state index is 5.21. The van der Waals surface area contributed by atoms with Gasteiger partial charge >= 0.3 is 0 Å². The normalized spacial score (nSPS) is 19.1. The molecule has 1 N–H and O–H groups in total. The van der Waals surface area contributed by atoms with Crippen molar-refractivity contribution in [2.45, 2.75) is 81.1 Å². The van der Waals surface area contributed by atoms with Crippen molar-refractivity contribution in [1.82, 2.24) is 5.32 Å². The fourth-order valence-electron chi connectivity index (χ4n) is 12.0. The largest absolute Gasteiger partial charge is 0.340 e. The van der Waals surface area contributed by atoms with E-state index in [1.54, 1.807) is 22.3 Å². The van der Waals surface area contributed by atoms with E-state index >= 15 is 0 Å². The molecule has 2 saturated carbocycles. The molecule has 2 heteroatoms. The zero-order valence-electron chi connectivity index (χ0n) is 34.3. The van der Waals surface area contributed by atoms with E-state index in [9.17, 15) is 0 Å². The minimum absolute atomic E-state index is 0.0952. The Morgan fingerprint density at radius 1 is 0.383 bits per heavy atom. The van der Waals surface area contributed by atoms with Gasteiger partial charge in [-0.2, -0.15) is 0 Å². The predicted octanol–water partition coefficient (Wildman–Crippen LogP) is 14.6. The van der Waals surface area contributed by atoms with Crippen molar-refractivity contribution in [3.8, 4) is 44.5 Å². The Hall–Kier alpha value is -6.25. The predicted molar refractivity (Wildman–Crippen MR) is 249 cm³/mol. The summed E-state index contributed by atoms with van der Waals surface area (Å²) in [5, 5.41) is 3.62. The highest BCUT2D eigenvalue weighted by Gasteiger charge is 2.49. The second-order valence-corrected chi connectivity index (χ2v) is 18.1. The van der Waals surface area contributed by atoms with Crippen LogP contribution in [0.1, 0.15) is 109 Å². The van der Waals surface area contributed by atoms with Crippen LogP contribution >= 0.6 is 0 Å². The monoisotopic (exact) mass is 774 g/mol. The van der Waals surface area contributed by atoms with Crippen LogP contribution in [0.25, 0.3) is 50.2 Å². The van der Waals surface area contributed by atoms with Crippen LogP contribution < -0.4 is 5.32 Å². The second-order valence-electron chi connectivity index (χ2n) is 18.1. The molecule has 7 aromatic carbocycles. The Morgan fingerprint density at radius 2 is 0.900 bits per heavy atom. The minimum atomic E-state index is -0.0952. The number of hydrogen-bond acceptors (Lipinski definition) is 2. The number of hydrogen-bond donors (Lipinski definition) is 1. The van der Waals surface area contributed by atoms with Gasteiger partial charge in [0.25, 0.3) is 0 Å². The minimum Gasteiger partial charge on any atom is -0.340 e. The summed E-state index contributed by atoms with van der Waals surface area (Å²) in [7, 11) is 0. The highest BCUT2D eigenvalue weighted by molar-refractivity contribution is 6.05. The van der Waals surface area contributed by atoms with Crippen molar-refractivity contribution in [2.24, 2.45) is 4.99 Å². The summed E-state index contributed by atoms with van der Waals surface area (Å²) >= 11 is 0. The highest BCUT2D eigenvalue weighted by Crippen LogP contribution is 2.62. The highest BCUT2D eigenvalue weighted by atomic mass is 15.0. The Balaban J connectivity index is 0.904. The Labute approximate surface area is 354 Å². The van der Waals surface area contributed by atoms with E-state index in [0.717, 1.165) is 22.7 Å². The summed E-state index contributed by atoms with van der Waals surface area (Å²) in [5.41, 5.74) is 22.2. The van der Waals surface area contributed by atoms with Gasteiger partial charge in [0, 0.05) is 22.1 Å². The van der Waals surface area contributed by atoms with Crippen LogP contribution in [0.4, 0.5) is 0 Å². The molecule has 1 aliphatic heterocycles. The molecule has 1 unspecified atom stereocenters. The summed E-state index contributed by atoms with van der Waals surface area (Å²) in [6.45, 7) is 0. The number of nitrogens with zero attached hydrogens (tertiary/aromatic N) is 1. The molecule has 292 valence electrons. The van der Waals surface area contributed by atoms with Gasteiger partial charge in [0.05, 0.1) is 6.04 Å². The molecule has 2 nitrogen and oxygen atoms in total. The van der Waals surface area contributed by atoms with Gasteiger partial charge in [-0.3, -0.25) is 4.99 Å². The van der Waals surface area contributed by atoms with Gasteiger partial charge < -0.3 is 5.32 Å². The molecule has 0 saturated heterocycles. The first-order chi connectivity index (χ1) is 29.7. The van der Waals surface area contributed by atoms with Gasteiger partial charge in [-0.25, -0.2) is 0 Å². The summed E-state index contributed by atoms with van der Waals surface area (Å²) in [6, 6.07) is 61.5. The van der Waals surface area contributed by atoms with Crippen LogP contribution in [0, 0.1) is 0 Å². The molecule has 0 radical (unpaired) electrons. The van der Waals surface area contributed by atoms with Crippen LogP contribution in [0.3, 0.4) is 0 Å². The molecule has 0 aromatic heterocycles. The molecule has 0 bridgehead atoms. The van der Waals surface area contributed by atoms with Crippen molar-refractivity contribution in [3.63, 3.8) is 0 Å². The lowest BCUT2D eigenvalue weighted by molar-refractivity contribution is 0.350. The Kier molecular flexibility index (Phi) is 8.44. The molecule has 2 spiro atoms. The number of rotatable bonds is 5. The molecule has 1 heterocycles. The summed E-state index contributed by atoms with van der Waals surface area (Å²) in [5.74, 6) is 0.896. The maximum atomic E-state index is 5.21. The van der Waals surface area contributed by atoms with Crippen molar-refractivity contribution >= 4 is 11.5 Å². The third-order valence-electron chi connectivity index (χ3n) is 14.9. The van der Waals surface area contributed by atoms with E-state index in [0.29, 0.717) is 0 Å². The van der Waals surface area contributed by atoms with Gasteiger partial charge in [0.1, 0.15) is 5.84 Å². The third kappa shape index (κ3) is 5.64. The molecular weight excluding hydrogens is 725 g/mol. The van der Waals surface area contributed by atoms with Crippen LogP contribution in [0.5, 0.6) is 0 Å². The first-order valence-electron chi connectivity index (χ1n) is 22.5. The molecule has 12 rings (SSSR count). The van der Waals surface area contributed by atoms with E-state index in [1.165, 1.54) is 114 Å². The van der Waals surface area contributed by atoms with E-state index in [4.69, 9.17) is 4.99 Å². The molecular formula is C58H50N2. The number of amidine groups is 1. The van der Waals surface area contributed by atoms with Gasteiger partial charge in [-0.05, 0) is 134 Å².